The Bertz CT molecular complexity index is 1180. The topological polar surface area (TPSA) is 37.4 Å². The number of nitrogens with zero attached hydrogens (tertiary/aromatic N) is 1. The molecule has 0 unspecified atom stereocenters. The molecular weight excluding hydrogens is 438 g/mol. The number of aryl methyl sites for hydroxylation is 1. The number of carbonyl (C=O) groups excluding carboxylic acids is 2. The summed E-state index contributed by atoms with van der Waals surface area (Å²) in [5.74, 6) is 1.15. The molecule has 2 heterocycles. The van der Waals surface area contributed by atoms with Crippen LogP contribution in [0.25, 0.3) is 0 Å². The van der Waals surface area contributed by atoms with Gasteiger partial charge in [-0.25, -0.2) is 0 Å². The third-order valence-corrected chi connectivity index (χ3v) is 7.79. The molecule has 1 aliphatic carbocycles. The van der Waals surface area contributed by atoms with Crippen LogP contribution in [0.1, 0.15) is 43.7 Å². The number of halogens is 1. The molecular formula is C27H26ClNO2S. The Hall–Kier alpha value is -2.30. The summed E-state index contributed by atoms with van der Waals surface area (Å²) in [7, 11) is 0. The number of thioether (sulfide) groups is 1. The van der Waals surface area contributed by atoms with Gasteiger partial charge in [-0.2, -0.15) is 0 Å². The average Bonchev–Trinajstić information content (AvgIpc) is 2.73. The number of allylic oxidation sites excluding steroid dienone is 3. The summed E-state index contributed by atoms with van der Waals surface area (Å²) in [6.45, 7) is 6.38. The molecule has 2 aliphatic heterocycles. The summed E-state index contributed by atoms with van der Waals surface area (Å²) in [4.78, 5) is 29.2. The number of benzene rings is 2. The molecule has 0 radical (unpaired) electrons. The van der Waals surface area contributed by atoms with Gasteiger partial charge in [-0.15, -0.1) is 11.8 Å². The Morgan fingerprint density at radius 2 is 1.53 bits per heavy atom. The summed E-state index contributed by atoms with van der Waals surface area (Å²) in [6, 6.07) is 16.0. The van der Waals surface area contributed by atoms with Gasteiger partial charge in [-0.05, 0) is 48.6 Å². The molecule has 3 aliphatic rings. The molecule has 0 spiro atoms. The molecule has 164 valence electrons. The highest BCUT2D eigenvalue weighted by Crippen LogP contribution is 2.52. The summed E-state index contributed by atoms with van der Waals surface area (Å²) in [5, 5.41) is 0.649. The highest BCUT2D eigenvalue weighted by atomic mass is 35.5. The molecule has 0 saturated carbocycles. The minimum Gasteiger partial charge on any atom is -0.316 e. The number of rotatable bonds is 2. The standard InChI is InChI=1S/C27H26ClNO2S/c1-16-4-10-19(11-5-16)29-20-12-27(2,3)13-22(30)25(20)24(17-6-8-18(28)9-7-17)26-21(29)14-32-15-23(26)31/h4-11,24H,12-15H2,1-3H3/t24-/m0/s1. The van der Waals surface area contributed by atoms with Gasteiger partial charge in [0.2, 0.25) is 0 Å². The summed E-state index contributed by atoms with van der Waals surface area (Å²) in [5.41, 5.74) is 6.67. The molecule has 0 fully saturated rings. The summed E-state index contributed by atoms with van der Waals surface area (Å²) in [6.07, 6.45) is 1.28. The molecule has 0 saturated heterocycles. The number of hydrogen-bond donors (Lipinski definition) is 0. The smallest absolute Gasteiger partial charge is 0.171 e. The Labute approximate surface area is 198 Å². The second-order valence-corrected chi connectivity index (χ2v) is 11.2. The quantitative estimate of drug-likeness (QED) is 0.511. The Balaban J connectivity index is 1.80. The lowest BCUT2D eigenvalue weighted by Gasteiger charge is -2.46. The third kappa shape index (κ3) is 3.64. The molecule has 2 aromatic carbocycles. The van der Waals surface area contributed by atoms with Gasteiger partial charge >= 0.3 is 0 Å². The molecule has 3 nitrogen and oxygen atoms in total. The predicted molar refractivity (Wildman–Crippen MR) is 132 cm³/mol. The first-order chi connectivity index (χ1) is 15.2. The van der Waals surface area contributed by atoms with Crippen LogP contribution in [0.3, 0.4) is 0 Å². The fraction of sp³-hybridized carbons (Fsp3) is 0.333. The molecule has 0 aromatic heterocycles. The van der Waals surface area contributed by atoms with E-state index >= 15 is 0 Å². The zero-order valence-corrected chi connectivity index (χ0v) is 20.1. The maximum absolute atomic E-state index is 13.7. The van der Waals surface area contributed by atoms with Crippen molar-refractivity contribution in [2.45, 2.75) is 39.5 Å². The zero-order chi connectivity index (χ0) is 22.6. The van der Waals surface area contributed by atoms with Gasteiger partial charge in [-0.1, -0.05) is 55.3 Å². The fourth-order valence-electron chi connectivity index (χ4n) is 5.20. The van der Waals surface area contributed by atoms with E-state index in [4.69, 9.17) is 11.6 Å². The Morgan fingerprint density at radius 3 is 2.22 bits per heavy atom. The van der Waals surface area contributed by atoms with Crippen molar-refractivity contribution in [2.75, 3.05) is 16.4 Å². The van der Waals surface area contributed by atoms with Crippen LogP contribution < -0.4 is 4.90 Å². The maximum atomic E-state index is 13.7. The van der Waals surface area contributed by atoms with E-state index in [1.165, 1.54) is 5.56 Å². The number of Topliss-reactive ketones (excluding diaryl/α,β-unsaturated/α-hetero) is 2. The molecule has 32 heavy (non-hydrogen) atoms. The SMILES string of the molecule is Cc1ccc(N2C3=C(C(=O)CSC3)[C@@H](c3ccc(Cl)cc3)C3=C2CC(C)(C)CC3=O)cc1. The highest BCUT2D eigenvalue weighted by molar-refractivity contribution is 8.00. The Kier molecular flexibility index (Phi) is 5.34. The summed E-state index contributed by atoms with van der Waals surface area (Å²) >= 11 is 7.82. The van der Waals surface area contributed by atoms with Gasteiger partial charge in [0.05, 0.1) is 5.75 Å². The molecule has 0 amide bonds. The molecule has 5 rings (SSSR count). The van der Waals surface area contributed by atoms with E-state index in [2.05, 4.69) is 49.9 Å². The number of hydrogen-bond acceptors (Lipinski definition) is 4. The fourth-order valence-corrected chi connectivity index (χ4v) is 6.25. The van der Waals surface area contributed by atoms with E-state index in [0.717, 1.165) is 46.0 Å². The van der Waals surface area contributed by atoms with E-state index < -0.39 is 0 Å². The van der Waals surface area contributed by atoms with Crippen molar-refractivity contribution in [1.29, 1.82) is 0 Å². The van der Waals surface area contributed by atoms with Crippen LogP contribution >= 0.6 is 23.4 Å². The number of ketones is 2. The van der Waals surface area contributed by atoms with Crippen LogP contribution in [-0.4, -0.2) is 23.1 Å². The largest absolute Gasteiger partial charge is 0.316 e. The lowest BCUT2D eigenvalue weighted by molar-refractivity contribution is -0.118. The molecule has 2 aromatic rings. The van der Waals surface area contributed by atoms with Crippen molar-refractivity contribution in [3.8, 4) is 0 Å². The van der Waals surface area contributed by atoms with Gasteiger partial charge < -0.3 is 4.90 Å². The predicted octanol–water partition coefficient (Wildman–Crippen LogP) is 6.47. The minimum atomic E-state index is -0.323. The highest BCUT2D eigenvalue weighted by Gasteiger charge is 2.47. The number of carbonyl (C=O) groups is 2. The van der Waals surface area contributed by atoms with Crippen LogP contribution in [0.4, 0.5) is 5.69 Å². The molecule has 1 atom stereocenters. The first-order valence-electron chi connectivity index (χ1n) is 11.0. The van der Waals surface area contributed by atoms with E-state index in [1.54, 1.807) is 11.8 Å². The van der Waals surface area contributed by atoms with Crippen LogP contribution in [0.5, 0.6) is 0 Å². The van der Waals surface area contributed by atoms with E-state index in [-0.39, 0.29) is 22.9 Å². The van der Waals surface area contributed by atoms with Crippen LogP contribution in [0.2, 0.25) is 5.02 Å². The minimum absolute atomic E-state index is 0.123. The maximum Gasteiger partial charge on any atom is 0.171 e. The van der Waals surface area contributed by atoms with Gasteiger partial charge in [0, 0.05) is 51.3 Å². The van der Waals surface area contributed by atoms with Crippen LogP contribution in [0, 0.1) is 12.3 Å². The van der Waals surface area contributed by atoms with Gasteiger partial charge in [0.1, 0.15) is 0 Å². The zero-order valence-electron chi connectivity index (χ0n) is 18.6. The van der Waals surface area contributed by atoms with Crippen molar-refractivity contribution < 1.29 is 9.59 Å². The van der Waals surface area contributed by atoms with Crippen molar-refractivity contribution >= 4 is 40.6 Å². The number of anilines is 1. The van der Waals surface area contributed by atoms with Crippen molar-refractivity contribution in [3.05, 3.63) is 87.2 Å². The average molecular weight is 464 g/mol. The van der Waals surface area contributed by atoms with Crippen molar-refractivity contribution in [3.63, 3.8) is 0 Å². The second kappa shape index (κ2) is 7.93. The second-order valence-electron chi connectivity index (χ2n) is 9.73. The first-order valence-corrected chi connectivity index (χ1v) is 12.5. The van der Waals surface area contributed by atoms with Gasteiger partial charge in [-0.3, -0.25) is 9.59 Å². The summed E-state index contributed by atoms with van der Waals surface area (Å²) < 4.78 is 0. The van der Waals surface area contributed by atoms with E-state index in [0.29, 0.717) is 17.2 Å². The molecule has 5 heteroatoms. The van der Waals surface area contributed by atoms with E-state index in [9.17, 15) is 9.59 Å². The van der Waals surface area contributed by atoms with Crippen molar-refractivity contribution in [2.24, 2.45) is 5.41 Å². The van der Waals surface area contributed by atoms with E-state index in [1.807, 2.05) is 24.3 Å². The normalized spacial score (nSPS) is 22.8. The Morgan fingerprint density at radius 1 is 0.875 bits per heavy atom. The third-order valence-electron chi connectivity index (χ3n) is 6.59. The monoisotopic (exact) mass is 463 g/mol. The first kappa shape index (κ1) is 21.5. The lowest BCUT2D eigenvalue weighted by Crippen LogP contribution is -2.43. The van der Waals surface area contributed by atoms with Crippen molar-refractivity contribution in [1.82, 2.24) is 0 Å². The van der Waals surface area contributed by atoms with Gasteiger partial charge in [0.25, 0.3) is 0 Å². The van der Waals surface area contributed by atoms with Gasteiger partial charge in [0.15, 0.2) is 11.6 Å². The van der Waals surface area contributed by atoms with Crippen LogP contribution in [-0.2, 0) is 9.59 Å². The lowest BCUT2D eigenvalue weighted by atomic mass is 9.67. The van der Waals surface area contributed by atoms with Crippen LogP contribution in [0.15, 0.2) is 71.1 Å². The molecule has 0 N–H and O–H groups in total. The molecule has 0 bridgehead atoms.